The zero-order valence-electron chi connectivity index (χ0n) is 13.4. The first-order valence-electron chi connectivity index (χ1n) is 8.11. The van der Waals surface area contributed by atoms with Crippen molar-refractivity contribution in [3.63, 3.8) is 0 Å². The van der Waals surface area contributed by atoms with Crippen molar-refractivity contribution in [2.24, 2.45) is 11.8 Å². The Morgan fingerprint density at radius 2 is 2.17 bits per heavy atom. The normalized spacial score (nSPS) is 21.7. The highest BCUT2D eigenvalue weighted by atomic mass is 19.1. The third-order valence-corrected chi connectivity index (χ3v) is 4.57. The van der Waals surface area contributed by atoms with Gasteiger partial charge in [-0.3, -0.25) is 0 Å². The fourth-order valence-electron chi connectivity index (χ4n) is 3.18. The summed E-state index contributed by atoms with van der Waals surface area (Å²) in [6, 6.07) is 3.56. The molecule has 2 aliphatic rings. The van der Waals surface area contributed by atoms with E-state index in [2.05, 4.69) is 20.2 Å². The second-order valence-corrected chi connectivity index (χ2v) is 6.30. The number of hydrogen-bond acceptors (Lipinski definition) is 6. The molecule has 24 heavy (non-hydrogen) atoms. The molecule has 0 N–H and O–H groups in total. The highest BCUT2D eigenvalue weighted by Crippen LogP contribution is 2.45. The topological polar surface area (TPSA) is 73.1 Å². The molecule has 3 heterocycles. The number of halogens is 1. The van der Waals surface area contributed by atoms with Gasteiger partial charge in [0.15, 0.2) is 5.69 Å². The number of pyridine rings is 1. The highest BCUT2D eigenvalue weighted by Gasteiger charge is 2.45. The van der Waals surface area contributed by atoms with Crippen molar-refractivity contribution in [2.75, 3.05) is 24.6 Å². The second-order valence-electron chi connectivity index (χ2n) is 6.30. The van der Waals surface area contributed by atoms with Gasteiger partial charge in [0, 0.05) is 18.7 Å². The summed E-state index contributed by atoms with van der Waals surface area (Å²) in [6.45, 7) is 4.10. The third kappa shape index (κ3) is 2.83. The van der Waals surface area contributed by atoms with E-state index in [1.54, 1.807) is 13.0 Å². The summed E-state index contributed by atoms with van der Waals surface area (Å²) >= 11 is 0. The Morgan fingerprint density at radius 1 is 1.38 bits per heavy atom. The first-order chi connectivity index (χ1) is 11.6. The SMILES string of the molecule is CCOC(=O)c1cn(Cc2ccc(N3CC4CC4C3)nc2F)nn1. The molecule has 1 saturated carbocycles. The molecular formula is C16H18FN5O2. The smallest absolute Gasteiger partial charge is 0.360 e. The van der Waals surface area contributed by atoms with Crippen LogP contribution in [0.5, 0.6) is 0 Å². The van der Waals surface area contributed by atoms with Crippen LogP contribution in [0.15, 0.2) is 18.3 Å². The molecule has 0 bridgehead atoms. The van der Waals surface area contributed by atoms with Crippen molar-refractivity contribution in [1.29, 1.82) is 0 Å². The molecule has 2 unspecified atom stereocenters. The summed E-state index contributed by atoms with van der Waals surface area (Å²) in [5, 5.41) is 7.57. The maximum absolute atomic E-state index is 14.3. The Labute approximate surface area is 138 Å². The van der Waals surface area contributed by atoms with E-state index < -0.39 is 11.9 Å². The quantitative estimate of drug-likeness (QED) is 0.610. The molecule has 4 rings (SSSR count). The molecule has 2 aromatic heterocycles. The van der Waals surface area contributed by atoms with Crippen LogP contribution >= 0.6 is 0 Å². The van der Waals surface area contributed by atoms with Crippen LogP contribution < -0.4 is 4.90 Å². The van der Waals surface area contributed by atoms with Gasteiger partial charge in [-0.1, -0.05) is 5.21 Å². The summed E-state index contributed by atoms with van der Waals surface area (Å²) < 4.78 is 20.5. The molecule has 0 radical (unpaired) electrons. The van der Waals surface area contributed by atoms with Crippen molar-refractivity contribution in [3.8, 4) is 0 Å². The molecule has 8 heteroatoms. The van der Waals surface area contributed by atoms with Crippen LogP contribution in [0.2, 0.25) is 0 Å². The van der Waals surface area contributed by atoms with Gasteiger partial charge < -0.3 is 9.64 Å². The molecule has 1 aliphatic heterocycles. The lowest BCUT2D eigenvalue weighted by Crippen LogP contribution is -2.23. The monoisotopic (exact) mass is 331 g/mol. The number of ether oxygens (including phenoxy) is 1. The van der Waals surface area contributed by atoms with Crippen molar-refractivity contribution in [2.45, 2.75) is 19.9 Å². The zero-order chi connectivity index (χ0) is 16.7. The summed E-state index contributed by atoms with van der Waals surface area (Å²) in [5.41, 5.74) is 0.515. The molecule has 0 aromatic carbocycles. The molecule has 0 spiro atoms. The molecule has 2 fully saturated rings. The first-order valence-corrected chi connectivity index (χ1v) is 8.11. The third-order valence-electron chi connectivity index (χ3n) is 4.57. The predicted octanol–water partition coefficient (Wildman–Crippen LogP) is 1.49. The number of nitrogens with zero attached hydrogens (tertiary/aromatic N) is 5. The Kier molecular flexibility index (Phi) is 3.66. The Hall–Kier alpha value is -2.51. The standard InChI is InChI=1S/C16H18FN5O2/c1-2-24-16(23)13-9-22(20-19-13)8-10-3-4-14(18-15(10)17)21-6-11-5-12(11)7-21/h3-4,9,11-12H,2,5-8H2,1H3. The predicted molar refractivity (Wildman–Crippen MR) is 83.1 cm³/mol. The number of aromatic nitrogens is 4. The molecule has 1 saturated heterocycles. The number of rotatable bonds is 5. The van der Waals surface area contributed by atoms with Crippen LogP contribution in [0.4, 0.5) is 10.2 Å². The second kappa shape index (κ2) is 5.85. The van der Waals surface area contributed by atoms with Crippen LogP contribution in [0.3, 0.4) is 0 Å². The van der Waals surface area contributed by atoms with E-state index in [0.717, 1.165) is 24.9 Å². The molecule has 1 aliphatic carbocycles. The summed E-state index contributed by atoms with van der Waals surface area (Å²) in [6.07, 6.45) is 2.74. The fraction of sp³-hybridized carbons (Fsp3) is 0.500. The average Bonchev–Trinajstić information content (AvgIpc) is 2.98. The molecule has 7 nitrogen and oxygen atoms in total. The number of carbonyl (C=O) groups is 1. The van der Waals surface area contributed by atoms with Crippen LogP contribution in [-0.4, -0.2) is 45.6 Å². The minimum absolute atomic E-state index is 0.109. The van der Waals surface area contributed by atoms with Gasteiger partial charge in [0.2, 0.25) is 5.95 Å². The lowest BCUT2D eigenvalue weighted by atomic mass is 10.2. The molecular weight excluding hydrogens is 313 g/mol. The molecule has 0 amide bonds. The van der Waals surface area contributed by atoms with Crippen LogP contribution in [-0.2, 0) is 11.3 Å². The first kappa shape index (κ1) is 15.0. The largest absolute Gasteiger partial charge is 0.461 e. The number of piperidine rings is 1. The van der Waals surface area contributed by atoms with E-state index in [4.69, 9.17) is 4.74 Å². The number of fused-ring (bicyclic) bond motifs is 1. The number of anilines is 1. The van der Waals surface area contributed by atoms with Gasteiger partial charge in [0.25, 0.3) is 0 Å². The van der Waals surface area contributed by atoms with Crippen LogP contribution in [0, 0.1) is 17.8 Å². The Bertz CT molecular complexity index is 768. The Balaban J connectivity index is 1.45. The van der Waals surface area contributed by atoms with Crippen LogP contribution in [0.1, 0.15) is 29.4 Å². The van der Waals surface area contributed by atoms with Gasteiger partial charge in [-0.05, 0) is 37.3 Å². The summed E-state index contributed by atoms with van der Waals surface area (Å²) in [4.78, 5) is 17.8. The van der Waals surface area contributed by atoms with Crippen molar-refractivity contribution >= 4 is 11.8 Å². The minimum atomic E-state index is -0.537. The zero-order valence-corrected chi connectivity index (χ0v) is 13.4. The maximum atomic E-state index is 14.3. The van der Waals surface area contributed by atoms with Gasteiger partial charge in [-0.25, -0.2) is 14.5 Å². The lowest BCUT2D eigenvalue weighted by molar-refractivity contribution is 0.0519. The van der Waals surface area contributed by atoms with Gasteiger partial charge in [0.1, 0.15) is 5.82 Å². The Morgan fingerprint density at radius 3 is 2.88 bits per heavy atom. The average molecular weight is 331 g/mol. The number of carbonyl (C=O) groups excluding carboxylic acids is 1. The maximum Gasteiger partial charge on any atom is 0.360 e. The molecule has 126 valence electrons. The van der Waals surface area contributed by atoms with Gasteiger partial charge in [0.05, 0.1) is 19.3 Å². The van der Waals surface area contributed by atoms with E-state index in [0.29, 0.717) is 11.4 Å². The molecule has 2 atom stereocenters. The van der Waals surface area contributed by atoms with Crippen molar-refractivity contribution < 1.29 is 13.9 Å². The van der Waals surface area contributed by atoms with Crippen molar-refractivity contribution in [3.05, 3.63) is 35.5 Å². The number of hydrogen-bond donors (Lipinski definition) is 0. The van der Waals surface area contributed by atoms with E-state index in [1.165, 1.54) is 17.3 Å². The number of esters is 1. The highest BCUT2D eigenvalue weighted by molar-refractivity contribution is 5.86. The van der Waals surface area contributed by atoms with E-state index >= 15 is 0 Å². The summed E-state index contributed by atoms with van der Waals surface area (Å²) in [5.74, 6) is 1.18. The van der Waals surface area contributed by atoms with Gasteiger partial charge in [-0.2, -0.15) is 4.39 Å². The summed E-state index contributed by atoms with van der Waals surface area (Å²) in [7, 11) is 0. The van der Waals surface area contributed by atoms with Crippen molar-refractivity contribution in [1.82, 2.24) is 20.0 Å². The van der Waals surface area contributed by atoms with Gasteiger partial charge >= 0.3 is 5.97 Å². The molecule has 2 aromatic rings. The van der Waals surface area contributed by atoms with E-state index in [-0.39, 0.29) is 18.8 Å². The van der Waals surface area contributed by atoms with Crippen LogP contribution in [0.25, 0.3) is 0 Å². The van der Waals surface area contributed by atoms with E-state index in [9.17, 15) is 9.18 Å². The lowest BCUT2D eigenvalue weighted by Gasteiger charge is -2.19. The minimum Gasteiger partial charge on any atom is -0.461 e. The van der Waals surface area contributed by atoms with Gasteiger partial charge in [-0.15, -0.1) is 5.10 Å². The fourth-order valence-corrected chi connectivity index (χ4v) is 3.18. The van der Waals surface area contributed by atoms with E-state index in [1.807, 2.05) is 6.07 Å².